The van der Waals surface area contributed by atoms with Gasteiger partial charge in [-0.2, -0.15) is 0 Å². The summed E-state index contributed by atoms with van der Waals surface area (Å²) in [7, 11) is 0. The van der Waals surface area contributed by atoms with Crippen molar-refractivity contribution >= 4 is 17.3 Å². The monoisotopic (exact) mass is 264 g/mol. The Balaban J connectivity index is 1.74. The molecule has 2 saturated heterocycles. The second-order valence-corrected chi connectivity index (χ2v) is 5.96. The lowest BCUT2D eigenvalue weighted by Crippen LogP contribution is -2.41. The van der Waals surface area contributed by atoms with E-state index in [0.29, 0.717) is 6.04 Å². The van der Waals surface area contributed by atoms with Gasteiger partial charge >= 0.3 is 0 Å². The van der Waals surface area contributed by atoms with Gasteiger partial charge in [-0.05, 0) is 50.4 Å². The largest absolute Gasteiger partial charge is 0.380 e. The summed E-state index contributed by atoms with van der Waals surface area (Å²) in [5.74, 6) is 0. The number of nitrogens with one attached hydrogen (secondary N) is 1. The van der Waals surface area contributed by atoms with Gasteiger partial charge in [0.2, 0.25) is 0 Å². The molecule has 3 heteroatoms. The predicted molar refractivity (Wildman–Crippen MR) is 77.4 cm³/mol. The summed E-state index contributed by atoms with van der Waals surface area (Å²) >= 11 is 6.19. The summed E-state index contributed by atoms with van der Waals surface area (Å²) in [5, 5.41) is 4.58. The third kappa shape index (κ3) is 2.24. The number of piperidine rings is 1. The van der Waals surface area contributed by atoms with Gasteiger partial charge < -0.3 is 5.32 Å². The molecule has 0 aliphatic carbocycles. The molecule has 1 N–H and O–H groups in total. The van der Waals surface area contributed by atoms with Crippen LogP contribution in [0.15, 0.2) is 18.2 Å². The third-order valence-corrected chi connectivity index (χ3v) is 4.87. The fourth-order valence-electron chi connectivity index (χ4n) is 3.38. The quantitative estimate of drug-likeness (QED) is 0.877. The first kappa shape index (κ1) is 12.3. The number of hydrogen-bond donors (Lipinski definition) is 1. The van der Waals surface area contributed by atoms with Crippen molar-refractivity contribution in [3.8, 4) is 0 Å². The molecule has 1 aromatic carbocycles. The van der Waals surface area contributed by atoms with Crippen molar-refractivity contribution in [2.45, 2.75) is 44.7 Å². The van der Waals surface area contributed by atoms with Gasteiger partial charge in [-0.15, -0.1) is 0 Å². The molecule has 2 aliphatic rings. The molecule has 98 valence electrons. The summed E-state index contributed by atoms with van der Waals surface area (Å²) < 4.78 is 0. The Morgan fingerprint density at radius 2 is 2.11 bits per heavy atom. The molecule has 0 bridgehead atoms. The van der Waals surface area contributed by atoms with Gasteiger partial charge in [0.1, 0.15) is 0 Å². The Morgan fingerprint density at radius 3 is 3.00 bits per heavy atom. The molecule has 2 aliphatic heterocycles. The zero-order chi connectivity index (χ0) is 12.5. The fourth-order valence-corrected chi connectivity index (χ4v) is 3.55. The van der Waals surface area contributed by atoms with Gasteiger partial charge in [0, 0.05) is 29.3 Å². The van der Waals surface area contributed by atoms with Crippen LogP contribution >= 0.6 is 11.6 Å². The van der Waals surface area contributed by atoms with Crippen LogP contribution in [0.1, 0.15) is 31.2 Å². The SMILES string of the molecule is Cc1c(Cl)cccc1NC1CCN2CCCCC12. The summed E-state index contributed by atoms with van der Waals surface area (Å²) in [5.41, 5.74) is 2.38. The molecule has 0 aromatic heterocycles. The van der Waals surface area contributed by atoms with Crippen molar-refractivity contribution in [2.24, 2.45) is 0 Å². The van der Waals surface area contributed by atoms with Crippen LogP contribution in [0.3, 0.4) is 0 Å². The smallest absolute Gasteiger partial charge is 0.0455 e. The first-order valence-corrected chi connectivity index (χ1v) is 7.39. The first-order chi connectivity index (χ1) is 8.75. The molecule has 2 unspecified atom stereocenters. The molecule has 2 heterocycles. The van der Waals surface area contributed by atoms with E-state index in [1.807, 2.05) is 12.1 Å². The minimum atomic E-state index is 0.600. The Labute approximate surface area is 114 Å². The highest BCUT2D eigenvalue weighted by Crippen LogP contribution is 2.31. The maximum atomic E-state index is 6.19. The van der Waals surface area contributed by atoms with Gasteiger partial charge in [-0.1, -0.05) is 24.1 Å². The lowest BCUT2D eigenvalue weighted by molar-refractivity contribution is 0.193. The molecule has 3 rings (SSSR count). The van der Waals surface area contributed by atoms with Crippen LogP contribution in [-0.2, 0) is 0 Å². The zero-order valence-electron chi connectivity index (χ0n) is 11.0. The van der Waals surface area contributed by atoms with Crippen molar-refractivity contribution in [1.29, 1.82) is 0 Å². The summed E-state index contributed by atoms with van der Waals surface area (Å²) in [6.07, 6.45) is 5.36. The molecule has 1 aromatic rings. The molecule has 2 atom stereocenters. The van der Waals surface area contributed by atoms with Gasteiger partial charge in [0.25, 0.3) is 0 Å². The van der Waals surface area contributed by atoms with E-state index >= 15 is 0 Å². The van der Waals surface area contributed by atoms with E-state index in [2.05, 4.69) is 23.2 Å². The Morgan fingerprint density at radius 1 is 1.22 bits per heavy atom. The molecule has 2 nitrogen and oxygen atoms in total. The van der Waals surface area contributed by atoms with E-state index in [1.165, 1.54) is 50.0 Å². The number of fused-ring (bicyclic) bond motifs is 1. The van der Waals surface area contributed by atoms with Gasteiger partial charge in [0.15, 0.2) is 0 Å². The molecule has 0 amide bonds. The van der Waals surface area contributed by atoms with E-state index in [4.69, 9.17) is 11.6 Å². The summed E-state index contributed by atoms with van der Waals surface area (Å²) in [6, 6.07) is 7.47. The van der Waals surface area contributed by atoms with Crippen molar-refractivity contribution in [1.82, 2.24) is 4.90 Å². The fraction of sp³-hybridized carbons (Fsp3) is 0.600. The van der Waals surface area contributed by atoms with E-state index in [1.54, 1.807) is 0 Å². The number of hydrogen-bond acceptors (Lipinski definition) is 2. The predicted octanol–water partition coefficient (Wildman–Crippen LogP) is 3.69. The normalized spacial score (nSPS) is 28.1. The van der Waals surface area contributed by atoms with E-state index in [9.17, 15) is 0 Å². The molecular formula is C15H21ClN2. The third-order valence-electron chi connectivity index (χ3n) is 4.46. The lowest BCUT2D eigenvalue weighted by Gasteiger charge is -2.33. The average Bonchev–Trinajstić information content (AvgIpc) is 2.79. The van der Waals surface area contributed by atoms with Crippen LogP contribution in [0.2, 0.25) is 5.02 Å². The minimum Gasteiger partial charge on any atom is -0.380 e. The van der Waals surface area contributed by atoms with Crippen molar-refractivity contribution in [3.63, 3.8) is 0 Å². The topological polar surface area (TPSA) is 15.3 Å². The van der Waals surface area contributed by atoms with Gasteiger partial charge in [-0.3, -0.25) is 4.90 Å². The van der Waals surface area contributed by atoms with E-state index in [0.717, 1.165) is 11.1 Å². The number of nitrogens with zero attached hydrogens (tertiary/aromatic N) is 1. The average molecular weight is 265 g/mol. The lowest BCUT2D eigenvalue weighted by atomic mass is 9.98. The second-order valence-electron chi connectivity index (χ2n) is 5.55. The van der Waals surface area contributed by atoms with Crippen molar-refractivity contribution < 1.29 is 0 Å². The maximum Gasteiger partial charge on any atom is 0.0455 e. The molecular weight excluding hydrogens is 244 g/mol. The Kier molecular flexibility index (Phi) is 3.49. The standard InChI is InChI=1S/C15H21ClN2/c1-11-12(16)5-4-6-13(11)17-14-8-10-18-9-3-2-7-15(14)18/h4-6,14-15,17H,2-3,7-10H2,1H3. The highest BCUT2D eigenvalue weighted by molar-refractivity contribution is 6.31. The van der Waals surface area contributed by atoms with Crippen LogP contribution in [0.25, 0.3) is 0 Å². The second kappa shape index (κ2) is 5.10. The van der Waals surface area contributed by atoms with E-state index < -0.39 is 0 Å². The number of anilines is 1. The molecule has 0 radical (unpaired) electrons. The first-order valence-electron chi connectivity index (χ1n) is 7.01. The Bertz CT molecular complexity index is 433. The molecule has 2 fully saturated rings. The van der Waals surface area contributed by atoms with Crippen LogP contribution in [0.5, 0.6) is 0 Å². The number of rotatable bonds is 2. The summed E-state index contributed by atoms with van der Waals surface area (Å²) in [4.78, 5) is 2.65. The minimum absolute atomic E-state index is 0.600. The van der Waals surface area contributed by atoms with Crippen LogP contribution < -0.4 is 5.32 Å². The van der Waals surface area contributed by atoms with E-state index in [-0.39, 0.29) is 0 Å². The van der Waals surface area contributed by atoms with Crippen LogP contribution in [-0.4, -0.2) is 30.1 Å². The summed E-state index contributed by atoms with van der Waals surface area (Å²) in [6.45, 7) is 4.64. The van der Waals surface area contributed by atoms with Crippen molar-refractivity contribution in [2.75, 3.05) is 18.4 Å². The Hall–Kier alpha value is -0.730. The van der Waals surface area contributed by atoms with Crippen LogP contribution in [0.4, 0.5) is 5.69 Å². The number of benzene rings is 1. The van der Waals surface area contributed by atoms with Crippen molar-refractivity contribution in [3.05, 3.63) is 28.8 Å². The maximum absolute atomic E-state index is 6.19. The van der Waals surface area contributed by atoms with Crippen LogP contribution in [0, 0.1) is 6.92 Å². The van der Waals surface area contributed by atoms with Gasteiger partial charge in [-0.25, -0.2) is 0 Å². The zero-order valence-corrected chi connectivity index (χ0v) is 11.7. The highest BCUT2D eigenvalue weighted by atomic mass is 35.5. The molecule has 0 saturated carbocycles. The number of halogens is 1. The highest BCUT2D eigenvalue weighted by Gasteiger charge is 2.35. The molecule has 0 spiro atoms. The molecule has 18 heavy (non-hydrogen) atoms. The van der Waals surface area contributed by atoms with Gasteiger partial charge in [0.05, 0.1) is 0 Å².